The quantitative estimate of drug-likeness (QED) is 0.260. The van der Waals surface area contributed by atoms with Gasteiger partial charge in [-0.05, 0) is 103 Å². The van der Waals surface area contributed by atoms with E-state index in [1.807, 2.05) is 0 Å². The number of aliphatic hydroxyl groups excluding tert-OH is 1. The Bertz CT molecular complexity index is 1330. The molecule has 2 aromatic rings. The van der Waals surface area contributed by atoms with Crippen LogP contribution in [-0.2, 0) is 23.4 Å². The van der Waals surface area contributed by atoms with Crippen LogP contribution in [0.5, 0.6) is 0 Å². The molecule has 3 nitrogen and oxygen atoms in total. The van der Waals surface area contributed by atoms with E-state index in [0.29, 0.717) is 11.5 Å². The van der Waals surface area contributed by atoms with Gasteiger partial charge in [0.15, 0.2) is 8.32 Å². The number of hydrogen-bond donors (Lipinski definition) is 1. The van der Waals surface area contributed by atoms with Gasteiger partial charge in [-0.1, -0.05) is 71.7 Å². The highest BCUT2D eigenvalue weighted by atomic mass is 28.4. The summed E-state index contributed by atoms with van der Waals surface area (Å²) in [5.74, 6) is 0.306. The van der Waals surface area contributed by atoms with E-state index < -0.39 is 26.2 Å². The molecule has 1 saturated carbocycles. The van der Waals surface area contributed by atoms with Gasteiger partial charge in [0.1, 0.15) is 6.10 Å². The van der Waals surface area contributed by atoms with Gasteiger partial charge >= 0.3 is 6.18 Å². The van der Waals surface area contributed by atoms with Gasteiger partial charge in [-0.2, -0.15) is 13.2 Å². The lowest BCUT2D eigenvalue weighted by atomic mass is 9.71. The van der Waals surface area contributed by atoms with Crippen LogP contribution in [0.2, 0.25) is 18.1 Å². The predicted molar refractivity (Wildman–Crippen MR) is 170 cm³/mol. The fourth-order valence-electron chi connectivity index (χ4n) is 7.18. The van der Waals surface area contributed by atoms with Gasteiger partial charge in [0, 0.05) is 23.3 Å². The van der Waals surface area contributed by atoms with Crippen molar-refractivity contribution < 1.29 is 22.7 Å². The maximum atomic E-state index is 13.4. The first-order chi connectivity index (χ1) is 20.0. The van der Waals surface area contributed by atoms with Crippen molar-refractivity contribution in [3.63, 3.8) is 0 Å². The highest BCUT2D eigenvalue weighted by Gasteiger charge is 2.41. The molecule has 1 heterocycles. The molecule has 0 aliphatic heterocycles. The third-order valence-electron chi connectivity index (χ3n) is 10.7. The van der Waals surface area contributed by atoms with Crippen LogP contribution in [-0.4, -0.2) is 24.5 Å². The molecule has 1 N–H and O–H groups in total. The lowest BCUT2D eigenvalue weighted by Gasteiger charge is -2.41. The van der Waals surface area contributed by atoms with Crippen LogP contribution in [0.25, 0.3) is 0 Å². The van der Waals surface area contributed by atoms with Gasteiger partial charge in [0.05, 0.1) is 11.3 Å². The molecule has 3 atom stereocenters. The number of rotatable bonds is 6. The molecule has 0 amide bonds. The molecule has 3 aliphatic carbocycles. The van der Waals surface area contributed by atoms with Crippen LogP contribution in [0.15, 0.2) is 36.4 Å². The zero-order valence-corrected chi connectivity index (χ0v) is 28.1. The number of hydrogen-bond acceptors (Lipinski definition) is 3. The number of aromatic nitrogens is 1. The minimum atomic E-state index is -4.42. The second kappa shape index (κ2) is 11.8. The van der Waals surface area contributed by atoms with Crippen molar-refractivity contribution in [2.45, 2.75) is 141 Å². The molecule has 0 bridgehead atoms. The molecule has 0 spiro atoms. The maximum Gasteiger partial charge on any atom is 0.416 e. The molecule has 1 fully saturated rings. The van der Waals surface area contributed by atoms with Gasteiger partial charge < -0.3 is 9.53 Å². The molecule has 236 valence electrons. The fraction of sp³-hybridized carbons (Fsp3) is 0.639. The Morgan fingerprint density at radius 3 is 2.30 bits per heavy atom. The summed E-state index contributed by atoms with van der Waals surface area (Å²) in [5, 5.41) is 12.2. The van der Waals surface area contributed by atoms with Gasteiger partial charge in [-0.15, -0.1) is 0 Å². The largest absolute Gasteiger partial charge is 0.416 e. The van der Waals surface area contributed by atoms with Crippen LogP contribution in [0.4, 0.5) is 13.2 Å². The number of benzene rings is 1. The molecule has 3 aliphatic rings. The Morgan fingerprint density at radius 1 is 1.05 bits per heavy atom. The van der Waals surface area contributed by atoms with Crippen molar-refractivity contribution in [3.8, 4) is 0 Å². The normalized spacial score (nSPS) is 23.8. The summed E-state index contributed by atoms with van der Waals surface area (Å²) in [6.07, 6.45) is 8.02. The van der Waals surface area contributed by atoms with Crippen molar-refractivity contribution >= 4 is 8.32 Å². The zero-order chi connectivity index (χ0) is 31.4. The second-order valence-corrected chi connectivity index (χ2v) is 20.4. The smallest absolute Gasteiger partial charge is 0.414 e. The minimum Gasteiger partial charge on any atom is -0.414 e. The first-order valence-corrected chi connectivity index (χ1v) is 19.1. The van der Waals surface area contributed by atoms with E-state index in [1.54, 1.807) is 0 Å². The molecule has 2 unspecified atom stereocenters. The second-order valence-electron chi connectivity index (χ2n) is 15.6. The van der Waals surface area contributed by atoms with E-state index in [-0.39, 0.29) is 22.5 Å². The summed E-state index contributed by atoms with van der Waals surface area (Å²) in [6, 6.07) is 5.06. The molecular weight excluding hydrogens is 563 g/mol. The number of nitrogens with zero attached hydrogens (tertiary/aromatic N) is 1. The first kappa shape index (κ1) is 32.4. The van der Waals surface area contributed by atoms with E-state index in [9.17, 15) is 18.3 Å². The van der Waals surface area contributed by atoms with E-state index in [0.717, 1.165) is 86.9 Å². The highest BCUT2D eigenvalue weighted by Crippen LogP contribution is 2.49. The maximum absolute atomic E-state index is 13.4. The van der Waals surface area contributed by atoms with Crippen molar-refractivity contribution in [1.29, 1.82) is 0 Å². The van der Waals surface area contributed by atoms with Crippen LogP contribution >= 0.6 is 0 Å². The lowest BCUT2D eigenvalue weighted by molar-refractivity contribution is -0.137. The topological polar surface area (TPSA) is 42.4 Å². The molecule has 0 saturated heterocycles. The SMILES string of the molecule is CC1(C)CCc2c(nc(C3C=CC[C@H](O[Si](C)(C)C(C)(C)C)C3)c(C(O)c3ccc(C(F)(F)F)cc3)c2C2CCCC2)C1. The average molecular weight is 614 g/mol. The third-order valence-corrected chi connectivity index (χ3v) is 15.2. The monoisotopic (exact) mass is 613 g/mol. The Hall–Kier alpha value is -1.96. The molecule has 0 radical (unpaired) electrons. The van der Waals surface area contributed by atoms with Crippen LogP contribution in [0, 0.1) is 5.41 Å². The number of halogens is 3. The van der Waals surface area contributed by atoms with Crippen LogP contribution in [0.3, 0.4) is 0 Å². The summed E-state index contributed by atoms with van der Waals surface area (Å²) < 4.78 is 47.1. The Balaban J connectivity index is 1.64. The summed E-state index contributed by atoms with van der Waals surface area (Å²) in [6.45, 7) is 16.0. The fourth-order valence-corrected chi connectivity index (χ4v) is 8.56. The first-order valence-electron chi connectivity index (χ1n) is 16.2. The van der Waals surface area contributed by atoms with Crippen molar-refractivity contribution in [2.24, 2.45) is 5.41 Å². The molecule has 5 rings (SSSR count). The van der Waals surface area contributed by atoms with Crippen LogP contribution < -0.4 is 0 Å². The highest BCUT2D eigenvalue weighted by molar-refractivity contribution is 6.74. The molecular formula is C36H50F3NO2Si. The molecule has 1 aromatic carbocycles. The molecule has 43 heavy (non-hydrogen) atoms. The number of aliphatic hydroxyl groups is 1. The summed E-state index contributed by atoms with van der Waals surface area (Å²) in [4.78, 5) is 5.41. The van der Waals surface area contributed by atoms with Crippen molar-refractivity contribution in [2.75, 3.05) is 0 Å². The number of pyridine rings is 1. The van der Waals surface area contributed by atoms with Gasteiger partial charge in [-0.3, -0.25) is 4.98 Å². The van der Waals surface area contributed by atoms with E-state index >= 15 is 0 Å². The Labute approximate surface area is 257 Å². The number of alkyl halides is 3. The summed E-state index contributed by atoms with van der Waals surface area (Å²) in [7, 11) is -2.00. The van der Waals surface area contributed by atoms with Crippen molar-refractivity contribution in [3.05, 3.63) is 75.6 Å². The van der Waals surface area contributed by atoms with Gasteiger partial charge in [0.25, 0.3) is 0 Å². The summed E-state index contributed by atoms with van der Waals surface area (Å²) in [5.41, 5.74) is 5.34. The molecule has 1 aromatic heterocycles. The van der Waals surface area contributed by atoms with E-state index in [4.69, 9.17) is 9.41 Å². The van der Waals surface area contributed by atoms with Crippen LogP contribution in [0.1, 0.15) is 137 Å². The lowest BCUT2D eigenvalue weighted by Crippen LogP contribution is -2.44. The number of allylic oxidation sites excluding steroid dienone is 1. The summed E-state index contributed by atoms with van der Waals surface area (Å²) >= 11 is 0. The third kappa shape index (κ3) is 6.84. The van der Waals surface area contributed by atoms with Gasteiger partial charge in [-0.25, -0.2) is 0 Å². The van der Waals surface area contributed by atoms with Gasteiger partial charge in [0.2, 0.25) is 0 Å². The Morgan fingerprint density at radius 2 is 1.70 bits per heavy atom. The van der Waals surface area contributed by atoms with Crippen molar-refractivity contribution in [1.82, 2.24) is 4.98 Å². The zero-order valence-electron chi connectivity index (χ0n) is 27.1. The molecule has 7 heteroatoms. The Kier molecular flexibility index (Phi) is 8.87. The number of fused-ring (bicyclic) bond motifs is 1. The minimum absolute atomic E-state index is 0.0295. The predicted octanol–water partition coefficient (Wildman–Crippen LogP) is 10.2. The standard InChI is InChI=1S/C36H50F3NO2Si/c1-34(2,3)43(6,7)42-27-14-10-13-25(21-27)32-31(33(41)24-15-17-26(18-16-24)36(37,38)39)30(23-11-8-9-12-23)28-19-20-35(4,5)22-29(28)40-32/h10,13,15-18,23,25,27,33,41H,8-9,11-12,14,19-22H2,1-7H3/t25?,27-,33?/m0/s1. The van der Waals surface area contributed by atoms with E-state index in [1.165, 1.54) is 23.3 Å². The average Bonchev–Trinajstić information content (AvgIpc) is 3.45. The van der Waals surface area contributed by atoms with E-state index in [2.05, 4.69) is 59.9 Å².